The van der Waals surface area contributed by atoms with E-state index in [9.17, 15) is 18.0 Å². The van der Waals surface area contributed by atoms with Crippen molar-refractivity contribution in [1.29, 1.82) is 0 Å². The number of anilines is 1. The van der Waals surface area contributed by atoms with Crippen LogP contribution in [0.15, 0.2) is 91.0 Å². The molecule has 1 aromatic heterocycles. The summed E-state index contributed by atoms with van der Waals surface area (Å²) in [6, 6.07) is 27.1. The number of halogens is 1. The van der Waals surface area contributed by atoms with Gasteiger partial charge < -0.3 is 10.1 Å². The minimum absolute atomic E-state index is 0.0544. The summed E-state index contributed by atoms with van der Waals surface area (Å²) >= 11 is 8.26. The van der Waals surface area contributed by atoms with Crippen molar-refractivity contribution in [3.8, 4) is 5.75 Å². The Bertz CT molecular complexity index is 2040. The Balaban J connectivity index is 1.11. The molecule has 0 spiro atoms. The predicted octanol–water partition coefficient (Wildman–Crippen LogP) is 7.63. The SMILES string of the molecule is CS(=O)(=O)N(Cc1ccccc1)c1cc(C(=O)CNC(=O)c2ccccc2CCOc2cccc3c4c(sc23)CCCC4)ccc1Cl. The van der Waals surface area contributed by atoms with Gasteiger partial charge in [0.2, 0.25) is 10.0 Å². The van der Waals surface area contributed by atoms with Crippen molar-refractivity contribution >= 4 is 60.4 Å². The first-order chi connectivity index (χ1) is 22.7. The van der Waals surface area contributed by atoms with Crippen LogP contribution in [0.1, 0.15) is 55.1 Å². The summed E-state index contributed by atoms with van der Waals surface area (Å²) in [6.07, 6.45) is 6.33. The average molecular weight is 687 g/mol. The van der Waals surface area contributed by atoms with Crippen LogP contribution in [0.2, 0.25) is 5.02 Å². The van der Waals surface area contributed by atoms with E-state index in [0.29, 0.717) is 18.6 Å². The van der Waals surface area contributed by atoms with Gasteiger partial charge in [0.05, 0.1) is 41.4 Å². The molecule has 0 unspecified atom stereocenters. The van der Waals surface area contributed by atoms with Gasteiger partial charge in [0.15, 0.2) is 5.78 Å². The molecule has 1 aliphatic rings. The smallest absolute Gasteiger partial charge is 0.251 e. The first-order valence-corrected chi connectivity index (χ1v) is 18.6. The largest absolute Gasteiger partial charge is 0.492 e. The number of nitrogens with one attached hydrogen (secondary N) is 1. The standard InChI is InChI=1S/C37H35ClN2O5S2/c1-47(43,44)40(24-25-10-3-2-4-11-25)32-22-27(18-19-31(32)38)33(41)23-39-37(42)28-13-6-5-12-26(28)20-21-45-34-16-9-15-30-29-14-7-8-17-35(29)46-36(30)34/h2-6,9-13,15-16,18-19,22H,7-8,14,17,20-21,23-24H2,1H3,(H,39,42). The number of hydrogen-bond acceptors (Lipinski definition) is 6. The lowest BCUT2D eigenvalue weighted by Crippen LogP contribution is -2.31. The zero-order valence-electron chi connectivity index (χ0n) is 26.0. The van der Waals surface area contributed by atoms with E-state index in [-0.39, 0.29) is 41.1 Å². The molecule has 0 fully saturated rings. The fourth-order valence-electron chi connectivity index (χ4n) is 5.97. The van der Waals surface area contributed by atoms with E-state index in [1.165, 1.54) is 55.9 Å². The van der Waals surface area contributed by atoms with E-state index >= 15 is 0 Å². The van der Waals surface area contributed by atoms with E-state index < -0.39 is 10.0 Å². The van der Waals surface area contributed by atoms with Gasteiger partial charge in [-0.15, -0.1) is 11.3 Å². The van der Waals surface area contributed by atoms with Gasteiger partial charge in [0, 0.05) is 22.4 Å². The van der Waals surface area contributed by atoms with Gasteiger partial charge in [0.25, 0.3) is 5.91 Å². The fraction of sp³-hybridized carbons (Fsp3) is 0.243. The second kappa shape index (κ2) is 14.3. The molecule has 0 bridgehead atoms. The number of aryl methyl sites for hydroxylation is 2. The third kappa shape index (κ3) is 7.53. The average Bonchev–Trinajstić information content (AvgIpc) is 3.46. The Kier molecular flexibility index (Phi) is 9.96. The molecule has 0 atom stereocenters. The molecule has 47 heavy (non-hydrogen) atoms. The lowest BCUT2D eigenvalue weighted by Gasteiger charge is -2.24. The first kappa shape index (κ1) is 32.7. The lowest BCUT2D eigenvalue weighted by atomic mass is 9.96. The number of ketones is 1. The Labute approximate surface area is 284 Å². The summed E-state index contributed by atoms with van der Waals surface area (Å²) < 4.78 is 34.1. The molecular formula is C37H35ClN2O5S2. The molecule has 1 aliphatic carbocycles. The number of carbonyl (C=O) groups is 2. The highest BCUT2D eigenvalue weighted by Gasteiger charge is 2.23. The molecule has 0 aliphatic heterocycles. The summed E-state index contributed by atoms with van der Waals surface area (Å²) in [5.41, 5.74) is 3.94. The van der Waals surface area contributed by atoms with Gasteiger partial charge in [-0.05, 0) is 78.1 Å². The summed E-state index contributed by atoms with van der Waals surface area (Å²) in [7, 11) is -3.73. The molecule has 7 nitrogen and oxygen atoms in total. The third-order valence-corrected chi connectivity index (χ3v) is 11.1. The molecule has 1 heterocycles. The van der Waals surface area contributed by atoms with Crippen molar-refractivity contribution in [3.63, 3.8) is 0 Å². The number of nitrogens with zero attached hydrogens (tertiary/aromatic N) is 1. The van der Waals surface area contributed by atoms with E-state index in [0.717, 1.165) is 36.0 Å². The van der Waals surface area contributed by atoms with Crippen molar-refractivity contribution in [2.24, 2.45) is 0 Å². The molecular weight excluding hydrogens is 652 g/mol. The van der Waals surface area contributed by atoms with E-state index in [1.54, 1.807) is 12.1 Å². The van der Waals surface area contributed by atoms with Crippen LogP contribution >= 0.6 is 22.9 Å². The lowest BCUT2D eigenvalue weighted by molar-refractivity contribution is 0.0903. The molecule has 1 N–H and O–H groups in total. The van der Waals surface area contributed by atoms with Crippen molar-refractivity contribution in [1.82, 2.24) is 5.32 Å². The number of benzene rings is 4. The molecule has 0 radical (unpaired) electrons. The minimum atomic E-state index is -3.73. The highest BCUT2D eigenvalue weighted by Crippen LogP contribution is 2.41. The maximum Gasteiger partial charge on any atom is 0.251 e. The molecule has 0 saturated carbocycles. The molecule has 5 aromatic rings. The number of thiophene rings is 1. The predicted molar refractivity (Wildman–Crippen MR) is 190 cm³/mol. The van der Waals surface area contributed by atoms with Gasteiger partial charge in [-0.3, -0.25) is 13.9 Å². The van der Waals surface area contributed by atoms with Crippen LogP contribution in [-0.2, 0) is 35.8 Å². The minimum Gasteiger partial charge on any atom is -0.492 e. The Hall–Kier alpha value is -4.18. The van der Waals surface area contributed by atoms with Gasteiger partial charge in [0.1, 0.15) is 5.75 Å². The van der Waals surface area contributed by atoms with Crippen molar-refractivity contribution in [3.05, 3.63) is 129 Å². The zero-order chi connectivity index (χ0) is 33.0. The highest BCUT2D eigenvalue weighted by molar-refractivity contribution is 7.92. The third-order valence-electron chi connectivity index (χ3n) is 8.35. The summed E-state index contributed by atoms with van der Waals surface area (Å²) in [4.78, 5) is 28.0. The van der Waals surface area contributed by atoms with E-state index in [2.05, 4.69) is 11.4 Å². The topological polar surface area (TPSA) is 92.8 Å². The zero-order valence-corrected chi connectivity index (χ0v) is 28.4. The maximum absolute atomic E-state index is 13.3. The molecule has 0 saturated heterocycles. The molecule has 4 aromatic carbocycles. The molecule has 1 amide bonds. The van der Waals surface area contributed by atoms with Gasteiger partial charge in [-0.25, -0.2) is 8.42 Å². The number of amides is 1. The molecule has 6 rings (SSSR count). The normalized spacial score (nSPS) is 12.8. The van der Waals surface area contributed by atoms with Crippen molar-refractivity contribution < 1.29 is 22.7 Å². The van der Waals surface area contributed by atoms with E-state index in [1.807, 2.05) is 65.9 Å². The molecule has 10 heteroatoms. The summed E-state index contributed by atoms with van der Waals surface area (Å²) in [5, 5.41) is 4.22. The summed E-state index contributed by atoms with van der Waals surface area (Å²) in [6.45, 7) is 0.185. The molecule has 242 valence electrons. The van der Waals surface area contributed by atoms with E-state index in [4.69, 9.17) is 16.3 Å². The first-order valence-electron chi connectivity index (χ1n) is 15.6. The number of Topliss-reactive ketones (excluding diaryl/α,β-unsaturated/α-hetero) is 1. The quantitative estimate of drug-likeness (QED) is 0.136. The number of carbonyl (C=O) groups excluding carboxylic acids is 2. The van der Waals surface area contributed by atoms with Crippen LogP contribution in [0.25, 0.3) is 10.1 Å². The number of fused-ring (bicyclic) bond motifs is 3. The Morgan fingerprint density at radius 3 is 2.51 bits per heavy atom. The number of hydrogen-bond donors (Lipinski definition) is 1. The van der Waals surface area contributed by atoms with Crippen LogP contribution < -0.4 is 14.4 Å². The number of sulfonamides is 1. The van der Waals surface area contributed by atoms with Crippen LogP contribution in [0.5, 0.6) is 5.75 Å². The van der Waals surface area contributed by atoms with Gasteiger partial charge in [-0.2, -0.15) is 0 Å². The van der Waals surface area contributed by atoms with Crippen molar-refractivity contribution in [2.45, 2.75) is 38.6 Å². The Morgan fingerprint density at radius 1 is 0.936 bits per heavy atom. The Morgan fingerprint density at radius 2 is 1.70 bits per heavy atom. The van der Waals surface area contributed by atoms with Crippen LogP contribution in [0.4, 0.5) is 5.69 Å². The fourth-order valence-corrected chi connectivity index (χ4v) is 8.49. The second-order valence-corrected chi connectivity index (χ2v) is 15.0. The van der Waals surface area contributed by atoms with Crippen LogP contribution in [0, 0.1) is 0 Å². The van der Waals surface area contributed by atoms with Crippen molar-refractivity contribution in [2.75, 3.05) is 23.7 Å². The number of ether oxygens (including phenoxy) is 1. The van der Waals surface area contributed by atoms with Crippen LogP contribution in [0.3, 0.4) is 0 Å². The summed E-state index contributed by atoms with van der Waals surface area (Å²) in [5.74, 6) is 0.116. The van der Waals surface area contributed by atoms with Gasteiger partial charge >= 0.3 is 0 Å². The number of rotatable bonds is 12. The monoisotopic (exact) mass is 686 g/mol. The maximum atomic E-state index is 13.3. The second-order valence-electron chi connectivity index (χ2n) is 11.6. The van der Waals surface area contributed by atoms with Crippen LogP contribution in [-0.4, -0.2) is 39.5 Å². The van der Waals surface area contributed by atoms with Gasteiger partial charge in [-0.1, -0.05) is 72.3 Å². The highest BCUT2D eigenvalue weighted by atomic mass is 35.5.